The van der Waals surface area contributed by atoms with Gasteiger partial charge in [-0.3, -0.25) is 4.79 Å². The number of hydrogen-bond acceptors (Lipinski definition) is 5. The van der Waals surface area contributed by atoms with Crippen LogP contribution in [0.15, 0.2) is 24.3 Å². The summed E-state index contributed by atoms with van der Waals surface area (Å²) in [6.45, 7) is 7.00. The largest absolute Gasteiger partial charge is 0.352 e. The van der Waals surface area contributed by atoms with Crippen molar-refractivity contribution in [1.82, 2.24) is 24.6 Å². The number of hydrogen-bond donors (Lipinski definition) is 0. The molecule has 0 atom stereocenters. The van der Waals surface area contributed by atoms with Crippen molar-refractivity contribution < 1.29 is 9.18 Å². The van der Waals surface area contributed by atoms with E-state index in [9.17, 15) is 9.18 Å². The number of fused-ring (bicyclic) bond motifs is 1. The number of anilines is 1. The first-order chi connectivity index (χ1) is 15.0. The molecule has 8 heteroatoms. The standard InChI is InChI=1S/C23H27FN6O/c1-3-4-19-25-21(28-11-13-29(14-12-28)23(31)16-5-6-16)20-15(2)27-30(22(20)26-19)18-9-7-17(24)8-10-18/h7-10,16H,3-6,11-14H2,1-2H3. The van der Waals surface area contributed by atoms with Crippen LogP contribution in [0.3, 0.4) is 0 Å². The SMILES string of the molecule is CCCc1nc(N2CCN(C(=O)C3CC3)CC2)c2c(C)nn(-c3ccc(F)cc3)c2n1. The molecular weight excluding hydrogens is 395 g/mol. The Bertz CT molecular complexity index is 1110. The van der Waals surface area contributed by atoms with E-state index in [-0.39, 0.29) is 11.7 Å². The second-order valence-corrected chi connectivity index (χ2v) is 8.47. The molecule has 0 bridgehead atoms. The second-order valence-electron chi connectivity index (χ2n) is 8.47. The normalized spacial score (nSPS) is 16.9. The van der Waals surface area contributed by atoms with Crippen molar-refractivity contribution in [3.05, 3.63) is 41.6 Å². The van der Waals surface area contributed by atoms with Gasteiger partial charge >= 0.3 is 0 Å². The Hall–Kier alpha value is -3.03. The van der Waals surface area contributed by atoms with Gasteiger partial charge in [0, 0.05) is 38.5 Å². The monoisotopic (exact) mass is 422 g/mol. The Morgan fingerprint density at radius 2 is 1.81 bits per heavy atom. The zero-order chi connectivity index (χ0) is 21.5. The number of aryl methyl sites for hydroxylation is 2. The summed E-state index contributed by atoms with van der Waals surface area (Å²) in [6.07, 6.45) is 3.79. The van der Waals surface area contributed by atoms with Gasteiger partial charge in [-0.05, 0) is 50.5 Å². The van der Waals surface area contributed by atoms with E-state index in [4.69, 9.17) is 15.1 Å². The molecule has 2 fully saturated rings. The van der Waals surface area contributed by atoms with Crippen molar-refractivity contribution >= 4 is 22.8 Å². The highest BCUT2D eigenvalue weighted by Gasteiger charge is 2.35. The van der Waals surface area contributed by atoms with E-state index >= 15 is 0 Å². The molecule has 0 spiro atoms. The molecule has 0 unspecified atom stereocenters. The lowest BCUT2D eigenvalue weighted by atomic mass is 10.2. The summed E-state index contributed by atoms with van der Waals surface area (Å²) in [6, 6.07) is 6.29. The summed E-state index contributed by atoms with van der Waals surface area (Å²) in [5, 5.41) is 5.64. The fourth-order valence-electron chi connectivity index (χ4n) is 4.26. The summed E-state index contributed by atoms with van der Waals surface area (Å²) in [4.78, 5) is 26.4. The number of aromatic nitrogens is 4. The van der Waals surface area contributed by atoms with Gasteiger partial charge in [0.15, 0.2) is 5.65 Å². The number of amides is 1. The van der Waals surface area contributed by atoms with Crippen molar-refractivity contribution in [2.24, 2.45) is 5.92 Å². The summed E-state index contributed by atoms with van der Waals surface area (Å²) in [5.41, 5.74) is 2.36. The van der Waals surface area contributed by atoms with Crippen molar-refractivity contribution in [3.63, 3.8) is 0 Å². The zero-order valence-corrected chi connectivity index (χ0v) is 18.0. The molecule has 2 aliphatic rings. The van der Waals surface area contributed by atoms with E-state index in [1.807, 2.05) is 11.8 Å². The van der Waals surface area contributed by atoms with Crippen LogP contribution in [0.1, 0.15) is 37.7 Å². The van der Waals surface area contributed by atoms with E-state index in [1.165, 1.54) is 12.1 Å². The smallest absolute Gasteiger partial charge is 0.225 e. The quantitative estimate of drug-likeness (QED) is 0.631. The van der Waals surface area contributed by atoms with Crippen LogP contribution in [0.2, 0.25) is 0 Å². The first-order valence-electron chi connectivity index (χ1n) is 11.1. The first-order valence-corrected chi connectivity index (χ1v) is 11.1. The van der Waals surface area contributed by atoms with Crippen LogP contribution in [-0.2, 0) is 11.2 Å². The lowest BCUT2D eigenvalue weighted by Gasteiger charge is -2.36. The minimum atomic E-state index is -0.280. The Kier molecular flexibility index (Phi) is 5.08. The molecule has 31 heavy (non-hydrogen) atoms. The number of piperazine rings is 1. The molecule has 1 saturated carbocycles. The molecule has 1 aromatic carbocycles. The van der Waals surface area contributed by atoms with Crippen LogP contribution in [0.25, 0.3) is 16.7 Å². The lowest BCUT2D eigenvalue weighted by molar-refractivity contribution is -0.132. The Labute approximate surface area is 180 Å². The molecule has 0 N–H and O–H groups in total. The fraction of sp³-hybridized carbons (Fsp3) is 0.478. The molecule has 0 radical (unpaired) electrons. The molecule has 2 aromatic heterocycles. The maximum absolute atomic E-state index is 13.4. The maximum Gasteiger partial charge on any atom is 0.225 e. The summed E-state index contributed by atoms with van der Waals surface area (Å²) >= 11 is 0. The Morgan fingerprint density at radius 1 is 1.10 bits per heavy atom. The van der Waals surface area contributed by atoms with E-state index in [0.29, 0.717) is 5.91 Å². The van der Waals surface area contributed by atoms with Gasteiger partial charge in [0.1, 0.15) is 17.5 Å². The van der Waals surface area contributed by atoms with Gasteiger partial charge in [0.05, 0.1) is 16.8 Å². The fourth-order valence-corrected chi connectivity index (χ4v) is 4.26. The minimum Gasteiger partial charge on any atom is -0.352 e. The molecule has 3 heterocycles. The zero-order valence-electron chi connectivity index (χ0n) is 18.0. The molecule has 5 rings (SSSR count). The molecule has 1 saturated heterocycles. The third kappa shape index (κ3) is 3.75. The summed E-state index contributed by atoms with van der Waals surface area (Å²) < 4.78 is 15.2. The van der Waals surface area contributed by atoms with E-state index in [1.54, 1.807) is 16.8 Å². The second kappa shape index (κ2) is 7.90. The van der Waals surface area contributed by atoms with Gasteiger partial charge in [-0.15, -0.1) is 0 Å². The first kappa shape index (κ1) is 19.9. The number of rotatable bonds is 5. The summed E-state index contributed by atoms with van der Waals surface area (Å²) in [7, 11) is 0. The van der Waals surface area contributed by atoms with E-state index in [2.05, 4.69) is 11.8 Å². The molecule has 1 aliphatic heterocycles. The average Bonchev–Trinajstić information content (AvgIpc) is 3.58. The van der Waals surface area contributed by atoms with Gasteiger partial charge in [-0.25, -0.2) is 19.0 Å². The predicted molar refractivity (Wildman–Crippen MR) is 117 cm³/mol. The van der Waals surface area contributed by atoms with Gasteiger partial charge in [0.2, 0.25) is 5.91 Å². The molecule has 3 aromatic rings. The highest BCUT2D eigenvalue weighted by Crippen LogP contribution is 2.33. The van der Waals surface area contributed by atoms with Crippen LogP contribution in [0.5, 0.6) is 0 Å². The number of halogens is 1. The number of carbonyl (C=O) groups is 1. The van der Waals surface area contributed by atoms with E-state index < -0.39 is 0 Å². The van der Waals surface area contributed by atoms with Crippen LogP contribution < -0.4 is 4.90 Å². The molecule has 1 amide bonds. The average molecular weight is 423 g/mol. The number of nitrogens with zero attached hydrogens (tertiary/aromatic N) is 6. The van der Waals surface area contributed by atoms with Gasteiger partial charge < -0.3 is 9.80 Å². The van der Waals surface area contributed by atoms with Gasteiger partial charge in [-0.1, -0.05) is 6.92 Å². The molecular formula is C23H27FN6O. The van der Waals surface area contributed by atoms with Crippen LogP contribution in [0, 0.1) is 18.7 Å². The molecule has 1 aliphatic carbocycles. The van der Waals surface area contributed by atoms with E-state index in [0.717, 1.165) is 85.9 Å². The number of benzene rings is 1. The van der Waals surface area contributed by atoms with Crippen molar-refractivity contribution in [2.75, 3.05) is 31.1 Å². The van der Waals surface area contributed by atoms with Crippen molar-refractivity contribution in [1.29, 1.82) is 0 Å². The van der Waals surface area contributed by atoms with Crippen LogP contribution in [0.4, 0.5) is 10.2 Å². The van der Waals surface area contributed by atoms with Gasteiger partial charge in [-0.2, -0.15) is 5.10 Å². The Morgan fingerprint density at radius 3 is 2.45 bits per heavy atom. The topological polar surface area (TPSA) is 67.2 Å². The molecule has 162 valence electrons. The highest BCUT2D eigenvalue weighted by atomic mass is 19.1. The van der Waals surface area contributed by atoms with Crippen LogP contribution >= 0.6 is 0 Å². The maximum atomic E-state index is 13.4. The minimum absolute atomic E-state index is 0.254. The Balaban J connectivity index is 1.53. The summed E-state index contributed by atoms with van der Waals surface area (Å²) in [5.74, 6) is 1.95. The third-order valence-electron chi connectivity index (χ3n) is 6.09. The highest BCUT2D eigenvalue weighted by molar-refractivity contribution is 5.91. The number of carbonyl (C=O) groups excluding carboxylic acids is 1. The van der Waals surface area contributed by atoms with Crippen molar-refractivity contribution in [2.45, 2.75) is 39.5 Å². The van der Waals surface area contributed by atoms with Crippen LogP contribution in [-0.4, -0.2) is 56.7 Å². The lowest BCUT2D eigenvalue weighted by Crippen LogP contribution is -2.49. The van der Waals surface area contributed by atoms with Crippen molar-refractivity contribution in [3.8, 4) is 5.69 Å². The third-order valence-corrected chi connectivity index (χ3v) is 6.09. The predicted octanol–water partition coefficient (Wildman–Crippen LogP) is 3.27. The van der Waals surface area contributed by atoms with Gasteiger partial charge in [0.25, 0.3) is 0 Å². The molecule has 7 nitrogen and oxygen atoms in total.